The lowest BCUT2D eigenvalue weighted by Crippen LogP contribution is -2.33. The highest BCUT2D eigenvalue weighted by Gasteiger charge is 2.51. The molecule has 8 aliphatic rings. The van der Waals surface area contributed by atoms with Crippen molar-refractivity contribution in [3.63, 3.8) is 0 Å². The van der Waals surface area contributed by atoms with Crippen LogP contribution in [0.1, 0.15) is 249 Å². The van der Waals surface area contributed by atoms with Gasteiger partial charge in [0, 0.05) is 115 Å². The van der Waals surface area contributed by atoms with E-state index in [0.717, 1.165) is 25.7 Å². The summed E-state index contributed by atoms with van der Waals surface area (Å²) < 4.78 is 396. The maximum Gasteiger partial charge on any atom is 0.191 e. The minimum Gasteiger partial charge on any atom is -0.394 e. The van der Waals surface area contributed by atoms with Crippen molar-refractivity contribution in [3.05, 3.63) is 140 Å². The summed E-state index contributed by atoms with van der Waals surface area (Å²) in [7, 11) is 0. The maximum absolute atomic E-state index is 14.8. The molecule has 24 atom stereocenters. The minimum atomic E-state index is -3.45. The van der Waals surface area contributed by atoms with Gasteiger partial charge in [0.1, 0.15) is 72.1 Å². The first-order chi connectivity index (χ1) is 83.8. The number of nitrogens with zero attached hydrogens (tertiary/aromatic N) is 20. The average molecular weight is 2110 g/mol. The second-order valence-electron chi connectivity index (χ2n) is 33.4. The third kappa shape index (κ3) is 23.8. The van der Waals surface area contributed by atoms with E-state index in [1.807, 2.05) is 0 Å². The smallest absolute Gasteiger partial charge is 0.191 e. The SMILES string of the molecule is [2H]c1c([2H])c([C@]2([2H])C[C@@]2([2H])Nc2nc(SC([2H])([2H])C([2H])([2H])C)nc3c2nnn3[C@@H]2C[C@H](OCCO)[C@@H](O)[C@H]2O)c([2H])c(F)c1C.[2H]c1c([2H])c([C@]2([2H])C[C@@]2([2H])Nc2nc(SC([2H])([2H])CC)nc3c2nnn3[C@@H]2C[C@H](OC([2H])([2H])C([2H])([2H])O)[C@@H](O)[C@H]2O)c([2H])c(F)c1C.[2H]c1c([2H])c([C@]2([2H])C[C@@]2([2H])Nc2nc(SC([2H])([2H])CC)nc3c2nnn3[C@@H]2C[C@H](OC([2H])([2H])CO)[C@@H](O)[C@H]2O)c([2H])c(F)c1C.[2H]c1c([2H])c([C@]2([2H])C[C@@]2([2H])Nc2nc(SC([2H])([2H])CC)nc3c2nnn3[C@@H]2C[C@H](OCC([2H])([2H])O)[C@@H](O)[C@H]2O)c([2H])c(F)c1C. The maximum atomic E-state index is 14.8. The number of aromatic nitrogens is 20. The third-order valence-electron chi connectivity index (χ3n) is 23.8. The van der Waals surface area contributed by atoms with Gasteiger partial charge >= 0.3 is 0 Å². The van der Waals surface area contributed by atoms with Crippen LogP contribution >= 0.6 is 47.0 Å². The van der Waals surface area contributed by atoms with Gasteiger partial charge in [0.15, 0.2) is 88.6 Å². The number of aliphatic hydroxyl groups excluding tert-OH is 10. The summed E-state index contributed by atoms with van der Waals surface area (Å²) in [5, 5.41) is 165. The van der Waals surface area contributed by atoms with Crippen LogP contribution in [0.2, 0.25) is 0 Å². The first-order valence-corrected chi connectivity index (χ1v) is 48.2. The molecule has 8 fully saturated rings. The fraction of sp³-hybridized carbons (Fsp3) is 0.583. The Kier molecular flexibility index (Phi) is 22.2. The van der Waals surface area contributed by atoms with E-state index in [0.29, 0.717) is 47.0 Å². The molecular weight excluding hydrogens is 1950 g/mol. The lowest BCUT2D eigenvalue weighted by Gasteiger charge is -2.17. The van der Waals surface area contributed by atoms with Crippen molar-refractivity contribution >= 4 is 115 Å². The summed E-state index contributed by atoms with van der Waals surface area (Å²) in [4.78, 5) is 34.6. The number of halogens is 4. The van der Waals surface area contributed by atoms with Gasteiger partial charge in [0.05, 0.1) is 134 Å². The Morgan fingerprint density at radius 3 is 0.882 bits per heavy atom. The third-order valence-corrected chi connectivity index (χ3v) is 26.9. The van der Waals surface area contributed by atoms with E-state index < -0.39 is 332 Å². The van der Waals surface area contributed by atoms with E-state index in [2.05, 4.69) is 102 Å². The molecule has 8 aliphatic carbocycles. The van der Waals surface area contributed by atoms with Crippen molar-refractivity contribution in [2.24, 2.45) is 0 Å². The molecule has 40 nitrogen and oxygen atoms in total. The van der Waals surface area contributed by atoms with E-state index in [9.17, 15) is 73.7 Å². The van der Waals surface area contributed by atoms with Crippen molar-refractivity contribution in [3.8, 4) is 0 Å². The Morgan fingerprint density at radius 1 is 0.354 bits per heavy atom. The van der Waals surface area contributed by atoms with Crippen molar-refractivity contribution in [1.82, 2.24) is 99.8 Å². The molecule has 0 radical (unpaired) electrons. The summed E-state index contributed by atoms with van der Waals surface area (Å²) in [6, 6.07) is -19.7. The second kappa shape index (κ2) is 47.3. The van der Waals surface area contributed by atoms with Crippen LogP contribution in [0.5, 0.6) is 0 Å². The molecule has 16 N–H and O–H groups in total. The Morgan fingerprint density at radius 2 is 0.625 bits per heavy atom. The van der Waals surface area contributed by atoms with Crippen LogP contribution in [0, 0.1) is 51.0 Å². The van der Waals surface area contributed by atoms with Crippen molar-refractivity contribution in [2.45, 2.75) is 298 Å². The Bertz CT molecular complexity index is 8500. The van der Waals surface area contributed by atoms with Crippen LogP contribution in [0.3, 0.4) is 0 Å². The lowest BCUT2D eigenvalue weighted by atomic mass is 10.1. The molecule has 8 aromatic heterocycles. The first-order valence-electron chi connectivity index (χ1n) is 63.9. The zero-order valence-corrected chi connectivity index (χ0v) is 80.7. The number of benzene rings is 4. The highest BCUT2D eigenvalue weighted by Crippen LogP contribution is 2.50. The molecule has 0 amide bonds. The number of hydrogen-bond acceptors (Lipinski definition) is 40. The van der Waals surface area contributed by atoms with Gasteiger partial charge in [-0.1, -0.05) is 144 Å². The number of ether oxygens (including phenoxy) is 4. The molecule has 0 aliphatic heterocycles. The number of hydrogen-bond donors (Lipinski definition) is 16. The molecule has 12 aromatic rings. The largest absolute Gasteiger partial charge is 0.394 e. The summed E-state index contributed by atoms with van der Waals surface area (Å²) >= 11 is 2.21. The highest BCUT2D eigenvalue weighted by molar-refractivity contribution is 7.99. The van der Waals surface area contributed by atoms with E-state index in [4.69, 9.17) is 76.1 Å². The minimum absolute atomic E-state index is 0.0135. The average Bonchev–Trinajstić information content (AvgIpc) is 1.53. The summed E-state index contributed by atoms with van der Waals surface area (Å²) in [6.45, 7) is -3.32. The highest BCUT2D eigenvalue weighted by atomic mass is 32.2. The van der Waals surface area contributed by atoms with Crippen molar-refractivity contribution in [2.75, 3.05) is 96.8 Å². The quantitative estimate of drug-likeness (QED) is 0.00969. The first kappa shape index (κ1) is 67.4. The van der Waals surface area contributed by atoms with Crippen LogP contribution in [0.15, 0.2) is 93.1 Å². The van der Waals surface area contributed by atoms with Crippen molar-refractivity contribution in [1.29, 1.82) is 0 Å². The van der Waals surface area contributed by atoms with Crippen molar-refractivity contribution < 1.29 is 150 Å². The molecule has 144 heavy (non-hydrogen) atoms. The number of anilines is 4. The van der Waals surface area contributed by atoms with Gasteiger partial charge in [-0.2, -0.15) is 0 Å². The molecule has 8 heterocycles. The predicted molar refractivity (Wildman–Crippen MR) is 530 cm³/mol. The van der Waals surface area contributed by atoms with Crippen LogP contribution in [-0.4, -0.2) is 334 Å². The molecule has 0 spiro atoms. The zero-order valence-electron chi connectivity index (χ0n) is 115. The number of nitrogens with one attached hydrogen (secondary N) is 4. The Hall–Kier alpha value is -9.52. The van der Waals surface area contributed by atoms with E-state index in [1.165, 1.54) is 27.7 Å². The van der Waals surface area contributed by atoms with Gasteiger partial charge in [-0.3, -0.25) is 0 Å². The normalized spacial score (nSPS) is 36.4. The topological polar surface area (TPSA) is 554 Å². The monoisotopic (exact) mass is 2110 g/mol. The summed E-state index contributed by atoms with van der Waals surface area (Å²) in [5.74, 6) is -13.4. The van der Waals surface area contributed by atoms with Gasteiger partial charge in [-0.15, -0.1) is 20.4 Å². The molecule has 4 aromatic carbocycles. The van der Waals surface area contributed by atoms with Crippen LogP contribution in [0.4, 0.5) is 40.8 Å². The number of aliphatic hydroxyl groups is 12. The molecular formula is C96H124F4N24O16S4. The predicted octanol–water partition coefficient (Wildman–Crippen LogP) is 8.73. The molecule has 20 rings (SSSR count). The second-order valence-corrected chi connectivity index (χ2v) is 36.7. The van der Waals surface area contributed by atoms with E-state index in [1.54, 1.807) is 20.8 Å². The summed E-state index contributed by atoms with van der Waals surface area (Å²) in [5.41, 5.74) is -11.6. The molecule has 8 saturated carbocycles. The fourth-order valence-electron chi connectivity index (χ4n) is 16.1. The van der Waals surface area contributed by atoms with Crippen LogP contribution in [-0.2, 0) is 18.9 Å². The molecule has 0 saturated heterocycles. The van der Waals surface area contributed by atoms with Gasteiger partial charge in [0.25, 0.3) is 0 Å². The fourth-order valence-corrected chi connectivity index (χ4v) is 18.2. The Labute approximate surface area is 897 Å². The standard InChI is InChI=1S/4C24H31FN6O4S/c4*1-3-8-36-24-27-22(26-16-10-14(16)13-5-4-12(2)15(25)9-13)19-23(28-24)31(30-29-19)17-11-18(35-7-6-32)21(34)20(17)33/h4*4-5,9,14,16-18,20-21,32-34H,3,6-8,10-11H2,1-2H3,(H,26,27,28)/t4*14-,16+,17+,18-,20-,21+/m0000/s1/i4D,5D,6D2,7D2,8D2,9D,14D,16D;4D,5D,7D2,8D2,9D,14D,16D;4D,5D,6D2,8D2,9D,14D,16D;3D2,4D,5D,8D2,9D,14D,16D. The van der Waals surface area contributed by atoms with Crippen LogP contribution in [0.25, 0.3) is 44.7 Å². The van der Waals surface area contributed by atoms with Gasteiger partial charge in [-0.25, -0.2) is 76.2 Å². The van der Waals surface area contributed by atoms with E-state index >= 15 is 0 Å². The molecule has 0 bridgehead atoms. The number of fused-ring (bicyclic) bond motifs is 4. The van der Waals surface area contributed by atoms with Gasteiger partial charge in [-0.05, 0) is 148 Å². The number of rotatable bonds is 40. The van der Waals surface area contributed by atoms with Crippen LogP contribution < -0.4 is 21.3 Å². The van der Waals surface area contributed by atoms with E-state index in [-0.39, 0.29) is 195 Å². The molecule has 48 heteroatoms. The zero-order chi connectivity index (χ0) is 136. The molecule has 776 valence electrons. The number of thioether (sulfide) groups is 4. The summed E-state index contributed by atoms with van der Waals surface area (Å²) in [6.07, 6.45) is -21.4. The Balaban J connectivity index is 0.000000160. The lowest BCUT2D eigenvalue weighted by molar-refractivity contribution is -0.0629. The van der Waals surface area contributed by atoms with Gasteiger partial charge in [0.2, 0.25) is 0 Å². The van der Waals surface area contributed by atoms with Gasteiger partial charge < -0.3 is 101 Å². The molecule has 0 unspecified atom stereocenters.